The number of fused-ring (bicyclic) bond motifs is 1. The number of alkyl halides is 3. The predicted octanol–water partition coefficient (Wildman–Crippen LogP) is 3.41. The van der Waals surface area contributed by atoms with Gasteiger partial charge in [-0.15, -0.1) is 0 Å². The second-order valence-electron chi connectivity index (χ2n) is 6.57. The van der Waals surface area contributed by atoms with E-state index in [1.54, 1.807) is 4.90 Å². The number of imidazole rings is 1. The van der Waals surface area contributed by atoms with E-state index in [4.69, 9.17) is 4.74 Å². The molecule has 3 heterocycles. The lowest BCUT2D eigenvalue weighted by molar-refractivity contribution is -0.139. The molecule has 1 aliphatic rings. The number of hydrogen-bond donors (Lipinski definition) is 1. The van der Waals surface area contributed by atoms with Gasteiger partial charge in [-0.1, -0.05) is 30.3 Å². The molecule has 1 aromatic carbocycles. The summed E-state index contributed by atoms with van der Waals surface area (Å²) in [6, 6.07) is 9.84. The number of aromatic amines is 1. The molecule has 0 amide bonds. The molecule has 2 aromatic heterocycles. The first-order chi connectivity index (χ1) is 13.0. The van der Waals surface area contributed by atoms with E-state index in [1.807, 2.05) is 30.3 Å². The minimum atomic E-state index is -4.57. The molecule has 0 bridgehead atoms. The molecule has 1 atom stereocenters. The summed E-state index contributed by atoms with van der Waals surface area (Å²) in [5.41, 5.74) is -0.0532. The maximum absolute atomic E-state index is 13.3. The van der Waals surface area contributed by atoms with Gasteiger partial charge in [-0.05, 0) is 12.0 Å². The molecule has 9 heteroatoms. The Balaban J connectivity index is 1.43. The van der Waals surface area contributed by atoms with Crippen LogP contribution in [0.4, 0.5) is 19.1 Å². The summed E-state index contributed by atoms with van der Waals surface area (Å²) < 4.78 is 45.6. The summed E-state index contributed by atoms with van der Waals surface area (Å²) in [5.74, 6) is 0.286. The van der Waals surface area contributed by atoms with Crippen LogP contribution in [0.2, 0.25) is 0 Å². The number of ether oxygens (including phenoxy) is 1. The highest BCUT2D eigenvalue weighted by atomic mass is 19.4. The average Bonchev–Trinajstić information content (AvgIpc) is 3.30. The molecule has 3 aromatic rings. The van der Waals surface area contributed by atoms with Crippen LogP contribution in [0, 0.1) is 5.92 Å². The Labute approximate surface area is 153 Å². The summed E-state index contributed by atoms with van der Waals surface area (Å²) in [7, 11) is 0. The topological polar surface area (TPSA) is 66.9 Å². The van der Waals surface area contributed by atoms with Crippen LogP contribution in [0.25, 0.3) is 11.2 Å². The van der Waals surface area contributed by atoms with Crippen molar-refractivity contribution in [2.75, 3.05) is 24.6 Å². The van der Waals surface area contributed by atoms with E-state index in [0.717, 1.165) is 12.0 Å². The Morgan fingerprint density at radius 2 is 2.00 bits per heavy atom. The van der Waals surface area contributed by atoms with Gasteiger partial charge in [0.25, 0.3) is 0 Å². The van der Waals surface area contributed by atoms with Gasteiger partial charge in [0.1, 0.15) is 5.52 Å². The van der Waals surface area contributed by atoms with Crippen LogP contribution in [-0.2, 0) is 17.5 Å². The summed E-state index contributed by atoms with van der Waals surface area (Å²) in [6.07, 6.45) is -2.55. The van der Waals surface area contributed by atoms with Crippen LogP contribution in [0.3, 0.4) is 0 Å². The Hall–Kier alpha value is -2.68. The fourth-order valence-corrected chi connectivity index (χ4v) is 3.24. The van der Waals surface area contributed by atoms with E-state index in [0.29, 0.717) is 26.3 Å². The van der Waals surface area contributed by atoms with Crippen molar-refractivity contribution < 1.29 is 17.9 Å². The first-order valence-electron chi connectivity index (χ1n) is 8.65. The molecule has 27 heavy (non-hydrogen) atoms. The monoisotopic (exact) mass is 377 g/mol. The van der Waals surface area contributed by atoms with Crippen LogP contribution in [0.15, 0.2) is 36.7 Å². The number of hydrogen-bond acceptors (Lipinski definition) is 5. The summed E-state index contributed by atoms with van der Waals surface area (Å²) >= 11 is 0. The Bertz CT molecular complexity index is 912. The number of aromatic nitrogens is 4. The van der Waals surface area contributed by atoms with Gasteiger partial charge in [0.05, 0.1) is 19.5 Å². The lowest BCUT2D eigenvalue weighted by Crippen LogP contribution is -2.25. The Kier molecular flexibility index (Phi) is 4.69. The van der Waals surface area contributed by atoms with Gasteiger partial charge in [-0.25, -0.2) is 9.97 Å². The van der Waals surface area contributed by atoms with E-state index < -0.39 is 11.9 Å². The number of nitrogens with one attached hydrogen (secondary N) is 1. The fraction of sp³-hybridized carbons (Fsp3) is 0.389. The second-order valence-corrected chi connectivity index (χ2v) is 6.57. The smallest absolute Gasteiger partial charge is 0.376 e. The molecule has 1 saturated heterocycles. The lowest BCUT2D eigenvalue weighted by atomic mass is 10.1. The van der Waals surface area contributed by atoms with Crippen molar-refractivity contribution in [1.82, 2.24) is 19.9 Å². The molecule has 0 radical (unpaired) electrons. The third-order valence-corrected chi connectivity index (χ3v) is 4.58. The van der Waals surface area contributed by atoms with Crippen LogP contribution in [-0.4, -0.2) is 39.6 Å². The highest BCUT2D eigenvalue weighted by Crippen LogP contribution is 2.33. The van der Waals surface area contributed by atoms with Gasteiger partial charge >= 0.3 is 6.18 Å². The normalized spacial score (nSPS) is 17.7. The average molecular weight is 377 g/mol. The number of halogens is 3. The molecule has 0 aliphatic carbocycles. The van der Waals surface area contributed by atoms with E-state index in [-0.39, 0.29) is 23.0 Å². The summed E-state index contributed by atoms with van der Waals surface area (Å²) in [4.78, 5) is 16.1. The van der Waals surface area contributed by atoms with Gasteiger partial charge < -0.3 is 14.6 Å². The van der Waals surface area contributed by atoms with E-state index >= 15 is 0 Å². The predicted molar refractivity (Wildman–Crippen MR) is 93.1 cm³/mol. The molecule has 1 aliphatic heterocycles. The highest BCUT2D eigenvalue weighted by molar-refractivity contribution is 5.74. The van der Waals surface area contributed by atoms with Gasteiger partial charge in [-0.3, -0.25) is 0 Å². The lowest BCUT2D eigenvalue weighted by Gasteiger charge is -2.18. The Morgan fingerprint density at radius 3 is 2.78 bits per heavy atom. The van der Waals surface area contributed by atoms with Crippen molar-refractivity contribution in [1.29, 1.82) is 0 Å². The molecule has 0 spiro atoms. The van der Waals surface area contributed by atoms with Crippen LogP contribution in [0.5, 0.6) is 0 Å². The Morgan fingerprint density at radius 1 is 1.19 bits per heavy atom. The van der Waals surface area contributed by atoms with E-state index in [1.165, 1.54) is 6.33 Å². The van der Waals surface area contributed by atoms with E-state index in [9.17, 15) is 13.2 Å². The molecule has 1 fully saturated rings. The van der Waals surface area contributed by atoms with Gasteiger partial charge in [-0.2, -0.15) is 18.2 Å². The van der Waals surface area contributed by atoms with Crippen LogP contribution >= 0.6 is 0 Å². The first-order valence-corrected chi connectivity index (χ1v) is 8.65. The van der Waals surface area contributed by atoms with Gasteiger partial charge in [0, 0.05) is 19.0 Å². The molecule has 4 rings (SSSR count). The maximum atomic E-state index is 13.3. The zero-order valence-corrected chi connectivity index (χ0v) is 14.4. The minimum Gasteiger partial charge on any atom is -0.376 e. The summed E-state index contributed by atoms with van der Waals surface area (Å²) in [5, 5.41) is 0. The second kappa shape index (κ2) is 7.15. The minimum absolute atomic E-state index is 0.0242. The van der Waals surface area contributed by atoms with Crippen LogP contribution in [0.1, 0.15) is 17.7 Å². The molecule has 0 saturated carbocycles. The number of anilines is 1. The molecule has 1 N–H and O–H groups in total. The third kappa shape index (κ3) is 3.87. The van der Waals surface area contributed by atoms with Crippen molar-refractivity contribution in [2.45, 2.75) is 19.2 Å². The third-order valence-electron chi connectivity index (χ3n) is 4.58. The van der Waals surface area contributed by atoms with E-state index in [2.05, 4.69) is 19.9 Å². The maximum Gasteiger partial charge on any atom is 0.435 e. The number of rotatable bonds is 5. The number of H-pyrrole nitrogens is 1. The quantitative estimate of drug-likeness (QED) is 0.738. The standard InChI is InChI=1S/C18H18F3N5O/c19-18(20,21)15-14-16(23-11-22-14)25-17(24-15)26-7-6-13(8-26)10-27-9-12-4-2-1-3-5-12/h1-5,11,13H,6-10H2,(H,22,23,24,25). The van der Waals surface area contributed by atoms with Gasteiger partial charge in [0.2, 0.25) is 5.95 Å². The van der Waals surface area contributed by atoms with Crippen LogP contribution < -0.4 is 4.90 Å². The molecule has 142 valence electrons. The molecular formula is C18H18F3N5O. The van der Waals surface area contributed by atoms with Crippen molar-refractivity contribution in [3.63, 3.8) is 0 Å². The SMILES string of the molecule is FC(F)(F)c1nc(N2CCC(COCc3ccccc3)C2)nc2nc[nH]c12. The van der Waals surface area contributed by atoms with Crippen molar-refractivity contribution in [3.8, 4) is 0 Å². The highest BCUT2D eigenvalue weighted by Gasteiger charge is 2.37. The number of benzene rings is 1. The molecular weight excluding hydrogens is 359 g/mol. The van der Waals surface area contributed by atoms with Crippen molar-refractivity contribution >= 4 is 17.1 Å². The summed E-state index contributed by atoms with van der Waals surface area (Å²) in [6.45, 7) is 2.21. The largest absolute Gasteiger partial charge is 0.435 e. The molecule has 6 nitrogen and oxygen atoms in total. The first kappa shape index (κ1) is 17.7. The van der Waals surface area contributed by atoms with Crippen molar-refractivity contribution in [2.24, 2.45) is 5.92 Å². The van der Waals surface area contributed by atoms with Gasteiger partial charge in [0.15, 0.2) is 11.3 Å². The number of nitrogens with zero attached hydrogens (tertiary/aromatic N) is 4. The fourth-order valence-electron chi connectivity index (χ4n) is 3.24. The molecule has 1 unspecified atom stereocenters. The zero-order chi connectivity index (χ0) is 18.9. The van der Waals surface area contributed by atoms with Crippen molar-refractivity contribution in [3.05, 3.63) is 47.9 Å². The zero-order valence-electron chi connectivity index (χ0n) is 14.4.